The van der Waals surface area contributed by atoms with Crippen LogP contribution in [0.2, 0.25) is 0 Å². The van der Waals surface area contributed by atoms with E-state index in [2.05, 4.69) is 26.9 Å². The molecule has 2 amide bonds. The number of hydrogen-bond acceptors (Lipinski definition) is 6. The third-order valence-electron chi connectivity index (χ3n) is 4.77. The van der Waals surface area contributed by atoms with Gasteiger partial charge in [-0.25, -0.2) is 4.98 Å². The molecule has 8 nitrogen and oxygen atoms in total. The molecule has 4 rings (SSSR count). The molecule has 2 N–H and O–H groups in total. The van der Waals surface area contributed by atoms with Gasteiger partial charge >= 0.3 is 0 Å². The highest BCUT2D eigenvalue weighted by Gasteiger charge is 2.05. The van der Waals surface area contributed by atoms with Crippen LogP contribution >= 0.6 is 0 Å². The second-order valence-electron chi connectivity index (χ2n) is 7.16. The molecular weight excluding hydrogens is 430 g/mol. The molecule has 0 aliphatic heterocycles. The first-order valence-electron chi connectivity index (χ1n) is 10.3. The number of nitrogens with zero attached hydrogens (tertiary/aromatic N) is 3. The van der Waals surface area contributed by atoms with Crippen LogP contribution in [-0.2, 0) is 9.59 Å². The van der Waals surface area contributed by atoms with Crippen LogP contribution in [0.1, 0.15) is 11.3 Å². The number of carbonyl (C=O) groups excluding carboxylic acids is 2. The number of carbonyl (C=O) groups is 2. The average Bonchev–Trinajstić information content (AvgIpc) is 2.89. The van der Waals surface area contributed by atoms with E-state index in [0.717, 1.165) is 22.2 Å². The Bertz CT molecular complexity index is 1390. The molecule has 4 aromatic rings. The van der Waals surface area contributed by atoms with E-state index in [0.29, 0.717) is 17.0 Å². The molecule has 0 fully saturated rings. The molecule has 0 spiro atoms. The molecule has 0 aliphatic rings. The number of nitriles is 1. The maximum Gasteiger partial charge on any atom is 0.276 e. The smallest absolute Gasteiger partial charge is 0.276 e. The molecule has 166 valence electrons. The number of nitrogens with one attached hydrogen (secondary N) is 2. The number of para-hydroxylation sites is 2. The molecule has 0 bridgehead atoms. The van der Waals surface area contributed by atoms with Crippen molar-refractivity contribution < 1.29 is 14.3 Å². The van der Waals surface area contributed by atoms with E-state index in [9.17, 15) is 9.59 Å². The number of hydrogen-bond donors (Lipinski definition) is 2. The monoisotopic (exact) mass is 449 g/mol. The number of hydrazine groups is 1. The van der Waals surface area contributed by atoms with Gasteiger partial charge in [0.1, 0.15) is 5.75 Å². The van der Waals surface area contributed by atoms with Crippen molar-refractivity contribution >= 4 is 28.9 Å². The molecule has 1 aromatic heterocycles. The minimum atomic E-state index is -0.518. The van der Waals surface area contributed by atoms with E-state index >= 15 is 0 Å². The summed E-state index contributed by atoms with van der Waals surface area (Å²) in [7, 11) is 0. The lowest BCUT2D eigenvalue weighted by molar-refractivity contribution is -0.128. The van der Waals surface area contributed by atoms with Crippen LogP contribution in [0, 0.1) is 11.3 Å². The Kier molecular flexibility index (Phi) is 6.86. The van der Waals surface area contributed by atoms with E-state index < -0.39 is 11.8 Å². The van der Waals surface area contributed by atoms with Gasteiger partial charge in [0.25, 0.3) is 11.8 Å². The first kappa shape index (κ1) is 22.2. The fraction of sp³-hybridized carbons (Fsp3) is 0.0385. The Morgan fingerprint density at radius 2 is 1.59 bits per heavy atom. The molecule has 3 aromatic carbocycles. The van der Waals surface area contributed by atoms with Gasteiger partial charge in [0.15, 0.2) is 6.61 Å². The summed E-state index contributed by atoms with van der Waals surface area (Å²) in [5, 5.41) is 8.88. The minimum absolute atomic E-state index is 0.268. The van der Waals surface area contributed by atoms with Crippen molar-refractivity contribution in [3.63, 3.8) is 0 Å². The maximum absolute atomic E-state index is 12.0. The molecule has 0 aliphatic carbocycles. The molecular formula is C26H19N5O3. The fourth-order valence-electron chi connectivity index (χ4n) is 3.05. The molecule has 1 heterocycles. The highest BCUT2D eigenvalue weighted by Crippen LogP contribution is 2.22. The van der Waals surface area contributed by atoms with E-state index in [1.807, 2.05) is 48.5 Å². The predicted molar refractivity (Wildman–Crippen MR) is 127 cm³/mol. The Balaban J connectivity index is 1.23. The zero-order valence-corrected chi connectivity index (χ0v) is 17.9. The summed E-state index contributed by atoms with van der Waals surface area (Å²) in [5.74, 6) is -0.521. The van der Waals surface area contributed by atoms with Gasteiger partial charge in [0.05, 0.1) is 34.6 Å². The second kappa shape index (κ2) is 10.5. The highest BCUT2D eigenvalue weighted by molar-refractivity contribution is 5.93. The van der Waals surface area contributed by atoms with E-state index in [1.165, 1.54) is 12.2 Å². The van der Waals surface area contributed by atoms with Crippen LogP contribution in [-0.4, -0.2) is 28.4 Å². The molecule has 0 saturated carbocycles. The second-order valence-corrected chi connectivity index (χ2v) is 7.16. The van der Waals surface area contributed by atoms with E-state index in [4.69, 9.17) is 10.00 Å². The van der Waals surface area contributed by atoms with Gasteiger partial charge in [-0.15, -0.1) is 0 Å². The minimum Gasteiger partial charge on any atom is -0.484 e. The Hall–Kier alpha value is -5.03. The average molecular weight is 449 g/mol. The van der Waals surface area contributed by atoms with Crippen molar-refractivity contribution in [1.29, 1.82) is 5.26 Å². The van der Waals surface area contributed by atoms with Gasteiger partial charge in [-0.2, -0.15) is 5.26 Å². The largest absolute Gasteiger partial charge is 0.484 e. The summed E-state index contributed by atoms with van der Waals surface area (Å²) in [6.45, 7) is -0.268. The molecule has 0 atom stereocenters. The zero-order valence-electron chi connectivity index (χ0n) is 17.9. The zero-order chi connectivity index (χ0) is 23.8. The first-order valence-corrected chi connectivity index (χ1v) is 10.3. The third kappa shape index (κ3) is 5.81. The van der Waals surface area contributed by atoms with Gasteiger partial charge in [-0.1, -0.05) is 36.4 Å². The highest BCUT2D eigenvalue weighted by atomic mass is 16.5. The maximum atomic E-state index is 12.0. The van der Waals surface area contributed by atoms with Crippen molar-refractivity contribution in [3.05, 3.63) is 96.3 Å². The van der Waals surface area contributed by atoms with Gasteiger partial charge in [0, 0.05) is 6.08 Å². The quantitative estimate of drug-likeness (QED) is 0.344. The predicted octanol–water partition coefficient (Wildman–Crippen LogP) is 3.41. The lowest BCUT2D eigenvalue weighted by atomic mass is 10.0. The van der Waals surface area contributed by atoms with E-state index in [-0.39, 0.29) is 6.61 Å². The fourth-order valence-corrected chi connectivity index (χ4v) is 3.05. The van der Waals surface area contributed by atoms with Crippen LogP contribution in [0.15, 0.2) is 85.1 Å². The number of amides is 2. The summed E-state index contributed by atoms with van der Waals surface area (Å²) >= 11 is 0. The number of fused-ring (bicyclic) bond motifs is 1. The van der Waals surface area contributed by atoms with Gasteiger partial charge < -0.3 is 4.74 Å². The van der Waals surface area contributed by atoms with Crippen molar-refractivity contribution in [1.82, 2.24) is 20.8 Å². The summed E-state index contributed by atoms with van der Waals surface area (Å²) in [6.07, 6.45) is 4.32. The number of aromatic nitrogens is 2. The molecule has 34 heavy (non-hydrogen) atoms. The first-order chi connectivity index (χ1) is 16.6. The topological polar surface area (TPSA) is 117 Å². The van der Waals surface area contributed by atoms with Crippen LogP contribution < -0.4 is 15.6 Å². The van der Waals surface area contributed by atoms with Gasteiger partial charge in [-0.05, 0) is 53.6 Å². The van der Waals surface area contributed by atoms with Gasteiger partial charge in [-0.3, -0.25) is 25.4 Å². The standard InChI is InChI=1S/C26H19N5O3/c27-15-18-5-7-19(8-6-18)20-9-12-22(13-10-20)34-17-26(33)31-30-25(32)14-11-21-16-28-23-3-1-2-4-24(23)29-21/h1-14,16H,17H2,(H,30,32)(H,31,33)/b14-11+. The van der Waals surface area contributed by atoms with E-state index in [1.54, 1.807) is 30.5 Å². The lowest BCUT2D eigenvalue weighted by Gasteiger charge is -2.08. The molecule has 0 unspecified atom stereocenters. The van der Waals surface area contributed by atoms with Crippen molar-refractivity contribution in [2.24, 2.45) is 0 Å². The third-order valence-corrected chi connectivity index (χ3v) is 4.77. The van der Waals surface area contributed by atoms with Crippen molar-refractivity contribution in [3.8, 4) is 22.9 Å². The molecule has 0 saturated heterocycles. The Labute approximate surface area is 195 Å². The number of benzene rings is 3. The van der Waals surface area contributed by atoms with Crippen LogP contribution in [0.25, 0.3) is 28.2 Å². The lowest BCUT2D eigenvalue weighted by Crippen LogP contribution is -2.43. The van der Waals surface area contributed by atoms with Crippen LogP contribution in [0.3, 0.4) is 0 Å². The summed E-state index contributed by atoms with van der Waals surface area (Å²) < 4.78 is 5.45. The number of ether oxygens (including phenoxy) is 1. The molecule has 0 radical (unpaired) electrons. The summed E-state index contributed by atoms with van der Waals surface area (Å²) in [5.41, 5.74) is 9.11. The van der Waals surface area contributed by atoms with Crippen molar-refractivity contribution in [2.75, 3.05) is 6.61 Å². The van der Waals surface area contributed by atoms with Crippen LogP contribution in [0.4, 0.5) is 0 Å². The Morgan fingerprint density at radius 3 is 2.29 bits per heavy atom. The van der Waals surface area contributed by atoms with Crippen molar-refractivity contribution in [2.45, 2.75) is 0 Å². The SMILES string of the molecule is N#Cc1ccc(-c2ccc(OCC(=O)NNC(=O)/C=C/c3cnc4ccccc4n3)cc2)cc1. The van der Waals surface area contributed by atoms with Crippen LogP contribution in [0.5, 0.6) is 5.75 Å². The normalized spacial score (nSPS) is 10.6. The molecule has 8 heteroatoms. The Morgan fingerprint density at radius 1 is 0.912 bits per heavy atom. The number of rotatable bonds is 6. The summed E-state index contributed by atoms with van der Waals surface area (Å²) in [4.78, 5) is 32.6. The van der Waals surface area contributed by atoms with Gasteiger partial charge in [0.2, 0.25) is 0 Å². The summed E-state index contributed by atoms with van der Waals surface area (Å²) in [6, 6.07) is 23.9.